The number of pyridine rings is 1. The van der Waals surface area contributed by atoms with Gasteiger partial charge in [-0.25, -0.2) is 0 Å². The second kappa shape index (κ2) is 8.96. The lowest BCUT2D eigenvalue weighted by Crippen LogP contribution is -2.02. The third-order valence-electron chi connectivity index (χ3n) is 3.52. The van der Waals surface area contributed by atoms with Crippen LogP contribution in [0.25, 0.3) is 0 Å². The molecule has 102 valence electrons. The van der Waals surface area contributed by atoms with E-state index in [4.69, 9.17) is 0 Å². The lowest BCUT2D eigenvalue weighted by Gasteiger charge is -2.17. The highest BCUT2D eigenvalue weighted by atomic mass is 16.3. The average molecular weight is 249 g/mol. The van der Waals surface area contributed by atoms with Crippen LogP contribution in [0.3, 0.4) is 0 Å². The standard InChI is InChI=1S/C16H27NO/c1-3-5-7-8-11-14(10-6-4-2)16-15(18)12-9-13-17-16/h9,12-14,18H,3-8,10-11H2,1-2H3. The summed E-state index contributed by atoms with van der Waals surface area (Å²) in [7, 11) is 0. The topological polar surface area (TPSA) is 33.1 Å². The zero-order valence-electron chi connectivity index (χ0n) is 11.9. The highest BCUT2D eigenvalue weighted by Crippen LogP contribution is 2.31. The molecule has 2 nitrogen and oxygen atoms in total. The molecule has 1 unspecified atom stereocenters. The third-order valence-corrected chi connectivity index (χ3v) is 3.52. The molecule has 0 bridgehead atoms. The van der Waals surface area contributed by atoms with Gasteiger partial charge in [-0.3, -0.25) is 4.98 Å². The Bertz CT molecular complexity index is 325. The first-order chi connectivity index (χ1) is 8.79. The molecule has 0 saturated heterocycles. The second-order valence-corrected chi connectivity index (χ2v) is 5.10. The fourth-order valence-corrected chi connectivity index (χ4v) is 2.41. The zero-order valence-corrected chi connectivity index (χ0v) is 11.9. The summed E-state index contributed by atoms with van der Waals surface area (Å²) in [5, 5.41) is 9.92. The molecule has 1 N–H and O–H groups in total. The molecule has 0 aliphatic heterocycles. The van der Waals surface area contributed by atoms with Crippen LogP contribution in [0.5, 0.6) is 5.75 Å². The van der Waals surface area contributed by atoms with E-state index in [1.54, 1.807) is 18.3 Å². The maximum Gasteiger partial charge on any atom is 0.137 e. The van der Waals surface area contributed by atoms with Crippen molar-refractivity contribution in [1.82, 2.24) is 4.98 Å². The Balaban J connectivity index is 2.57. The molecular weight excluding hydrogens is 222 g/mol. The summed E-state index contributed by atoms with van der Waals surface area (Å²) in [5.74, 6) is 0.803. The number of nitrogens with zero attached hydrogens (tertiary/aromatic N) is 1. The number of unbranched alkanes of at least 4 members (excludes halogenated alkanes) is 4. The van der Waals surface area contributed by atoms with Crippen LogP contribution in [0.2, 0.25) is 0 Å². The lowest BCUT2D eigenvalue weighted by molar-refractivity contribution is 0.434. The Hall–Kier alpha value is -1.05. The largest absolute Gasteiger partial charge is 0.506 e. The van der Waals surface area contributed by atoms with Gasteiger partial charge in [0.05, 0.1) is 5.69 Å². The molecule has 0 saturated carbocycles. The summed E-state index contributed by atoms with van der Waals surface area (Å²) in [6, 6.07) is 3.56. The summed E-state index contributed by atoms with van der Waals surface area (Å²) >= 11 is 0. The molecule has 1 aromatic heterocycles. The van der Waals surface area contributed by atoms with Crippen molar-refractivity contribution in [2.75, 3.05) is 0 Å². The van der Waals surface area contributed by atoms with Gasteiger partial charge >= 0.3 is 0 Å². The number of hydrogen-bond acceptors (Lipinski definition) is 2. The van der Waals surface area contributed by atoms with E-state index in [9.17, 15) is 5.11 Å². The summed E-state index contributed by atoms with van der Waals surface area (Å²) in [4.78, 5) is 4.38. The Morgan fingerprint density at radius 3 is 2.44 bits per heavy atom. The Morgan fingerprint density at radius 1 is 1.06 bits per heavy atom. The average Bonchev–Trinajstić information content (AvgIpc) is 2.39. The molecule has 1 aromatic rings. The first-order valence-corrected chi connectivity index (χ1v) is 7.43. The molecule has 0 fully saturated rings. The van der Waals surface area contributed by atoms with Crippen molar-refractivity contribution in [1.29, 1.82) is 0 Å². The van der Waals surface area contributed by atoms with Crippen molar-refractivity contribution in [3.8, 4) is 5.75 Å². The summed E-state index contributed by atoms with van der Waals surface area (Å²) < 4.78 is 0. The molecule has 0 radical (unpaired) electrons. The minimum atomic E-state index is 0.370. The van der Waals surface area contributed by atoms with Crippen molar-refractivity contribution in [2.24, 2.45) is 0 Å². The van der Waals surface area contributed by atoms with Gasteiger partial charge in [0.1, 0.15) is 5.75 Å². The van der Waals surface area contributed by atoms with Crippen LogP contribution < -0.4 is 0 Å². The van der Waals surface area contributed by atoms with E-state index in [-0.39, 0.29) is 0 Å². The number of rotatable bonds is 9. The fourth-order valence-electron chi connectivity index (χ4n) is 2.41. The molecule has 0 spiro atoms. The van der Waals surface area contributed by atoms with Crippen molar-refractivity contribution in [3.63, 3.8) is 0 Å². The van der Waals surface area contributed by atoms with E-state index in [2.05, 4.69) is 18.8 Å². The third kappa shape index (κ3) is 5.07. The molecule has 1 atom stereocenters. The molecule has 0 aliphatic carbocycles. The van der Waals surface area contributed by atoms with Crippen LogP contribution in [0.1, 0.15) is 76.8 Å². The predicted molar refractivity (Wildman–Crippen MR) is 76.9 cm³/mol. The number of hydrogen-bond donors (Lipinski definition) is 1. The van der Waals surface area contributed by atoms with Crippen molar-refractivity contribution >= 4 is 0 Å². The zero-order chi connectivity index (χ0) is 13.2. The smallest absolute Gasteiger partial charge is 0.137 e. The second-order valence-electron chi connectivity index (χ2n) is 5.10. The minimum absolute atomic E-state index is 0.370. The molecule has 0 amide bonds. The van der Waals surface area contributed by atoms with Crippen molar-refractivity contribution in [2.45, 2.75) is 71.1 Å². The minimum Gasteiger partial charge on any atom is -0.506 e. The van der Waals surface area contributed by atoms with Crippen LogP contribution >= 0.6 is 0 Å². The predicted octanol–water partition coefficient (Wildman–Crippen LogP) is 5.03. The van der Waals surface area contributed by atoms with Crippen LogP contribution in [0.15, 0.2) is 18.3 Å². The molecule has 0 aliphatic rings. The highest BCUT2D eigenvalue weighted by Gasteiger charge is 2.15. The van der Waals surface area contributed by atoms with Gasteiger partial charge in [-0.05, 0) is 25.0 Å². The van der Waals surface area contributed by atoms with E-state index in [1.165, 1.54) is 38.5 Å². The molecule has 1 heterocycles. The van der Waals surface area contributed by atoms with Gasteiger partial charge in [0, 0.05) is 12.1 Å². The van der Waals surface area contributed by atoms with E-state index in [1.807, 2.05) is 0 Å². The number of aromatic nitrogens is 1. The Morgan fingerprint density at radius 2 is 1.78 bits per heavy atom. The first-order valence-electron chi connectivity index (χ1n) is 7.43. The normalized spacial score (nSPS) is 12.6. The molecule has 0 aromatic carbocycles. The Labute approximate surface area is 111 Å². The van der Waals surface area contributed by atoms with Crippen LogP contribution in [0, 0.1) is 0 Å². The summed E-state index contributed by atoms with van der Waals surface area (Å²) in [6.07, 6.45) is 11.7. The van der Waals surface area contributed by atoms with Crippen LogP contribution in [-0.2, 0) is 0 Å². The molecule has 1 rings (SSSR count). The van der Waals surface area contributed by atoms with Gasteiger partial charge in [0.2, 0.25) is 0 Å². The van der Waals surface area contributed by atoms with E-state index >= 15 is 0 Å². The maximum absolute atomic E-state index is 9.92. The van der Waals surface area contributed by atoms with E-state index in [0.29, 0.717) is 11.7 Å². The Kier molecular flexibility index (Phi) is 7.47. The van der Waals surface area contributed by atoms with Gasteiger partial charge in [-0.15, -0.1) is 0 Å². The van der Waals surface area contributed by atoms with E-state index < -0.39 is 0 Å². The maximum atomic E-state index is 9.92. The van der Waals surface area contributed by atoms with Crippen LogP contribution in [0.4, 0.5) is 0 Å². The van der Waals surface area contributed by atoms with Gasteiger partial charge in [0.15, 0.2) is 0 Å². The number of aromatic hydroxyl groups is 1. The molecular formula is C16H27NO. The summed E-state index contributed by atoms with van der Waals surface area (Å²) in [5.41, 5.74) is 0.905. The van der Waals surface area contributed by atoms with Gasteiger partial charge in [0.25, 0.3) is 0 Å². The quantitative estimate of drug-likeness (QED) is 0.622. The van der Waals surface area contributed by atoms with Gasteiger partial charge < -0.3 is 5.11 Å². The molecule has 2 heteroatoms. The lowest BCUT2D eigenvalue weighted by atomic mass is 9.91. The van der Waals surface area contributed by atoms with Crippen molar-refractivity contribution < 1.29 is 5.11 Å². The van der Waals surface area contributed by atoms with E-state index in [0.717, 1.165) is 18.5 Å². The molecule has 18 heavy (non-hydrogen) atoms. The van der Waals surface area contributed by atoms with Crippen molar-refractivity contribution in [3.05, 3.63) is 24.0 Å². The van der Waals surface area contributed by atoms with Gasteiger partial charge in [-0.1, -0.05) is 52.4 Å². The SMILES string of the molecule is CCCCCCC(CCCC)c1ncccc1O. The van der Waals surface area contributed by atoms with Gasteiger partial charge in [-0.2, -0.15) is 0 Å². The summed E-state index contributed by atoms with van der Waals surface area (Å²) in [6.45, 7) is 4.45. The first kappa shape index (κ1) is 15.0. The monoisotopic (exact) mass is 249 g/mol. The highest BCUT2D eigenvalue weighted by molar-refractivity contribution is 5.28. The van der Waals surface area contributed by atoms with Crippen LogP contribution in [-0.4, -0.2) is 10.1 Å². The fraction of sp³-hybridized carbons (Fsp3) is 0.688.